The van der Waals surface area contributed by atoms with Crippen molar-refractivity contribution in [2.45, 2.75) is 44.2 Å². The molecule has 2 aliphatic heterocycles. The Kier molecular flexibility index (Phi) is 6.80. The molecule has 5 heterocycles. The molecule has 1 N–H and O–H groups in total. The lowest BCUT2D eigenvalue weighted by Crippen LogP contribution is -2.48. The molecule has 3 aromatic rings. The van der Waals surface area contributed by atoms with E-state index in [1.54, 1.807) is 16.4 Å². The van der Waals surface area contributed by atoms with Gasteiger partial charge in [0.15, 0.2) is 5.03 Å². The Morgan fingerprint density at radius 1 is 1.00 bits per heavy atom. The van der Waals surface area contributed by atoms with E-state index in [9.17, 15) is 8.42 Å². The van der Waals surface area contributed by atoms with Gasteiger partial charge in [0.25, 0.3) is 10.0 Å². The molecule has 0 unspecified atom stereocenters. The van der Waals surface area contributed by atoms with Crippen LogP contribution in [-0.2, 0) is 29.9 Å². The van der Waals surface area contributed by atoms with Gasteiger partial charge in [-0.2, -0.15) is 4.31 Å². The summed E-state index contributed by atoms with van der Waals surface area (Å²) in [7, 11) is 0.430. The van der Waals surface area contributed by atoms with Gasteiger partial charge in [0.05, 0.1) is 17.1 Å². The fourth-order valence-corrected chi connectivity index (χ4v) is 7.36. The van der Waals surface area contributed by atoms with Crippen LogP contribution in [0.5, 0.6) is 0 Å². The molecule has 0 spiro atoms. The molecule has 2 fully saturated rings. The molecule has 3 aliphatic rings. The zero-order valence-corrected chi connectivity index (χ0v) is 23.9. The molecule has 12 heteroatoms. The van der Waals surface area contributed by atoms with Crippen LogP contribution in [0, 0.1) is 12.8 Å². The Hall–Kier alpha value is -3.09. The van der Waals surface area contributed by atoms with Crippen LogP contribution in [-0.4, -0.2) is 94.5 Å². The second-order valence-corrected chi connectivity index (χ2v) is 13.0. The number of hydrogen-bond donors (Lipinski definition) is 1. The van der Waals surface area contributed by atoms with Crippen molar-refractivity contribution in [2.24, 2.45) is 13.0 Å². The normalized spacial score (nSPS) is 22.4. The van der Waals surface area contributed by atoms with E-state index in [0.717, 1.165) is 73.3 Å². The van der Waals surface area contributed by atoms with Crippen molar-refractivity contribution in [3.05, 3.63) is 41.5 Å². The molecule has 0 radical (unpaired) electrons. The van der Waals surface area contributed by atoms with E-state index in [1.807, 2.05) is 26.2 Å². The Morgan fingerprint density at radius 3 is 2.56 bits per heavy atom. The first kappa shape index (κ1) is 26.1. The van der Waals surface area contributed by atoms with Gasteiger partial charge < -0.3 is 19.7 Å². The largest absolute Gasteiger partial charge is 0.354 e. The third-order valence-corrected chi connectivity index (χ3v) is 10.2. The number of imidazole rings is 1. The first-order chi connectivity index (χ1) is 18.7. The van der Waals surface area contributed by atoms with Crippen molar-refractivity contribution in [1.29, 1.82) is 0 Å². The van der Waals surface area contributed by atoms with Gasteiger partial charge in [0, 0.05) is 58.6 Å². The van der Waals surface area contributed by atoms with E-state index >= 15 is 0 Å². The molecule has 1 aliphatic carbocycles. The quantitative estimate of drug-likeness (QED) is 0.508. The first-order valence-electron chi connectivity index (χ1n) is 13.8. The van der Waals surface area contributed by atoms with Crippen molar-refractivity contribution < 1.29 is 8.42 Å². The lowest BCUT2D eigenvalue weighted by Gasteiger charge is -2.36. The van der Waals surface area contributed by atoms with E-state index in [4.69, 9.17) is 9.97 Å². The lowest BCUT2D eigenvalue weighted by molar-refractivity contribution is 0.260. The number of piperazine rings is 1. The van der Waals surface area contributed by atoms with E-state index in [2.05, 4.69) is 43.6 Å². The Bertz CT molecular complexity index is 1480. The fourth-order valence-electron chi connectivity index (χ4n) is 5.86. The Labute approximate surface area is 230 Å². The van der Waals surface area contributed by atoms with Crippen LogP contribution in [0.4, 0.5) is 11.8 Å². The highest BCUT2D eigenvalue weighted by Crippen LogP contribution is 2.33. The number of fused-ring (bicyclic) bond motifs is 3. The van der Waals surface area contributed by atoms with Gasteiger partial charge >= 0.3 is 0 Å². The molecule has 0 bridgehead atoms. The number of likely N-dealkylation sites (N-methyl/N-ethyl adjacent to an activating group) is 1. The highest BCUT2D eigenvalue weighted by molar-refractivity contribution is 7.89. The number of nitrogens with one attached hydrogen (secondary N) is 1. The summed E-state index contributed by atoms with van der Waals surface area (Å²) in [5, 5.41) is 3.63. The second-order valence-electron chi connectivity index (χ2n) is 11.1. The van der Waals surface area contributed by atoms with Crippen LogP contribution in [0.15, 0.2) is 29.4 Å². The highest BCUT2D eigenvalue weighted by Gasteiger charge is 2.35. The van der Waals surface area contributed by atoms with E-state index in [1.165, 1.54) is 0 Å². The number of pyridine rings is 1. The smallest absolute Gasteiger partial charge is 0.260 e. The SMILES string of the molecule is Cc1nc2c(n1C)-c1nc(N[C@H]3CCN(S(=O)(=O)c4cccc(N5CCN(C)CC5)n4)C[C@H]3C)ncc1CC2. The summed E-state index contributed by atoms with van der Waals surface area (Å²) < 4.78 is 30.8. The summed E-state index contributed by atoms with van der Waals surface area (Å²) >= 11 is 0. The minimum atomic E-state index is -3.69. The lowest BCUT2D eigenvalue weighted by atomic mass is 9.95. The van der Waals surface area contributed by atoms with Crippen LogP contribution in [0.3, 0.4) is 0 Å². The van der Waals surface area contributed by atoms with Gasteiger partial charge in [-0.1, -0.05) is 13.0 Å². The van der Waals surface area contributed by atoms with E-state index < -0.39 is 10.0 Å². The zero-order valence-electron chi connectivity index (χ0n) is 23.1. The molecule has 208 valence electrons. The number of piperidine rings is 1. The molecule has 0 amide bonds. The van der Waals surface area contributed by atoms with Crippen molar-refractivity contribution >= 4 is 21.8 Å². The van der Waals surface area contributed by atoms with Crippen molar-refractivity contribution in [2.75, 3.05) is 56.5 Å². The number of sulfonamides is 1. The number of nitrogens with zero attached hydrogens (tertiary/aromatic N) is 8. The van der Waals surface area contributed by atoms with Crippen LogP contribution < -0.4 is 10.2 Å². The van der Waals surface area contributed by atoms with Crippen LogP contribution >= 0.6 is 0 Å². The predicted molar refractivity (Wildman–Crippen MR) is 150 cm³/mol. The van der Waals surface area contributed by atoms with Gasteiger partial charge in [-0.15, -0.1) is 0 Å². The average molecular weight is 552 g/mol. The molecule has 0 saturated carbocycles. The number of hydrogen-bond acceptors (Lipinski definition) is 9. The third kappa shape index (κ3) is 4.89. The summed E-state index contributed by atoms with van der Waals surface area (Å²) in [5.41, 5.74) is 4.23. The summed E-state index contributed by atoms with van der Waals surface area (Å²) in [6.07, 6.45) is 4.36. The fraction of sp³-hybridized carbons (Fsp3) is 0.556. The summed E-state index contributed by atoms with van der Waals surface area (Å²) in [6, 6.07) is 5.38. The number of anilines is 2. The van der Waals surface area contributed by atoms with Gasteiger partial charge in [0.1, 0.15) is 11.6 Å². The standard InChI is InChI=1S/C27H37N9O2S/c1-18-17-36(39(37,38)24-7-5-6-23(31-24)35-14-12-33(3)13-15-35)11-10-21(18)30-27-28-16-20-8-9-22-26(25(20)32-27)34(4)19(2)29-22/h5-7,16,18,21H,8-15,17H2,1-4H3,(H,28,30,32)/t18-,21+/m1/s1. The minimum absolute atomic E-state index is 0.0652. The molecule has 2 atom stereocenters. The molecular weight excluding hydrogens is 514 g/mol. The first-order valence-corrected chi connectivity index (χ1v) is 15.2. The highest BCUT2D eigenvalue weighted by atomic mass is 32.2. The van der Waals surface area contributed by atoms with E-state index in [0.29, 0.717) is 25.5 Å². The summed E-state index contributed by atoms with van der Waals surface area (Å²) in [5.74, 6) is 2.36. The topological polar surface area (TPSA) is 112 Å². The maximum absolute atomic E-state index is 13.6. The summed E-state index contributed by atoms with van der Waals surface area (Å²) in [4.78, 5) is 23.2. The zero-order chi connectivity index (χ0) is 27.3. The van der Waals surface area contributed by atoms with Crippen LogP contribution in [0.2, 0.25) is 0 Å². The maximum atomic E-state index is 13.6. The van der Waals surface area contributed by atoms with E-state index in [-0.39, 0.29) is 17.0 Å². The predicted octanol–water partition coefficient (Wildman–Crippen LogP) is 1.94. The second kappa shape index (κ2) is 10.1. The van der Waals surface area contributed by atoms with Crippen molar-refractivity contribution in [3.8, 4) is 11.4 Å². The summed E-state index contributed by atoms with van der Waals surface area (Å²) in [6.45, 7) is 8.48. The molecule has 0 aromatic carbocycles. The van der Waals surface area contributed by atoms with Crippen molar-refractivity contribution in [3.63, 3.8) is 0 Å². The molecule has 6 rings (SSSR count). The number of aryl methyl sites for hydroxylation is 3. The molecule has 11 nitrogen and oxygen atoms in total. The average Bonchev–Trinajstić information content (AvgIpc) is 3.23. The van der Waals surface area contributed by atoms with Gasteiger partial charge in [0.2, 0.25) is 5.95 Å². The van der Waals surface area contributed by atoms with Gasteiger partial charge in [-0.3, -0.25) is 0 Å². The number of aromatic nitrogens is 5. The van der Waals surface area contributed by atoms with Gasteiger partial charge in [-0.25, -0.2) is 28.4 Å². The van der Waals surface area contributed by atoms with Crippen LogP contribution in [0.25, 0.3) is 11.4 Å². The monoisotopic (exact) mass is 551 g/mol. The minimum Gasteiger partial charge on any atom is -0.354 e. The van der Waals surface area contributed by atoms with Crippen molar-refractivity contribution in [1.82, 2.24) is 33.7 Å². The van der Waals surface area contributed by atoms with Crippen LogP contribution in [0.1, 0.15) is 30.4 Å². The molecule has 3 aromatic heterocycles. The third-order valence-electron chi connectivity index (χ3n) is 8.43. The Morgan fingerprint density at radius 2 is 1.79 bits per heavy atom. The maximum Gasteiger partial charge on any atom is 0.260 e. The van der Waals surface area contributed by atoms with Gasteiger partial charge in [-0.05, 0) is 56.8 Å². The number of rotatable bonds is 5. The molecule has 39 heavy (non-hydrogen) atoms. The molecule has 2 saturated heterocycles. The Balaban J connectivity index is 1.15. The molecular formula is C27H37N9O2S.